The summed E-state index contributed by atoms with van der Waals surface area (Å²) in [4.78, 5) is 0. The first-order valence-corrected chi connectivity index (χ1v) is 5.87. The van der Waals surface area contributed by atoms with Crippen LogP contribution in [0.5, 0.6) is 0 Å². The van der Waals surface area contributed by atoms with Crippen molar-refractivity contribution in [2.75, 3.05) is 11.5 Å². The molecule has 0 radical (unpaired) electrons. The van der Waals surface area contributed by atoms with E-state index in [1.54, 1.807) is 0 Å². The minimum Gasteiger partial charge on any atom is -0.178 e. The number of rotatable bonds is 2. The van der Waals surface area contributed by atoms with Crippen LogP contribution in [0.2, 0.25) is 0 Å². The first-order valence-electron chi connectivity index (χ1n) is 3.24. The van der Waals surface area contributed by atoms with E-state index in [0.29, 0.717) is 0 Å². The van der Waals surface area contributed by atoms with Gasteiger partial charge in [0.2, 0.25) is 0 Å². The van der Waals surface area contributed by atoms with Crippen LogP contribution in [0.3, 0.4) is 0 Å². The quantitative estimate of drug-likeness (QED) is 0.648. The van der Waals surface area contributed by atoms with E-state index in [1.165, 1.54) is 12.2 Å². The van der Waals surface area contributed by atoms with Gasteiger partial charge in [-0.2, -0.15) is 12.6 Å². The van der Waals surface area contributed by atoms with Gasteiger partial charge in [0.15, 0.2) is 0 Å². The summed E-state index contributed by atoms with van der Waals surface area (Å²) in [5, 5.41) is 0.822. The molecule has 0 amide bonds. The molecule has 0 saturated carbocycles. The van der Waals surface area contributed by atoms with Crippen molar-refractivity contribution < 1.29 is 0 Å². The summed E-state index contributed by atoms with van der Waals surface area (Å²) in [6.45, 7) is 2.26. The third kappa shape index (κ3) is 2.28. The number of thioether (sulfide) groups is 2. The maximum Gasteiger partial charge on any atom is 0.0503 e. The predicted molar refractivity (Wildman–Crippen MR) is 51.8 cm³/mol. The van der Waals surface area contributed by atoms with Crippen LogP contribution in [0.4, 0.5) is 0 Å². The van der Waals surface area contributed by atoms with Crippen molar-refractivity contribution in [1.82, 2.24) is 0 Å². The molecule has 0 nitrogen and oxygen atoms in total. The number of thiol groups is 1. The average molecular weight is 180 g/mol. The molecule has 2 unspecified atom stereocenters. The maximum atomic E-state index is 4.26. The van der Waals surface area contributed by atoms with Gasteiger partial charge in [-0.25, -0.2) is 0 Å². The monoisotopic (exact) mass is 180 g/mol. The summed E-state index contributed by atoms with van der Waals surface area (Å²) in [6, 6.07) is 0. The molecule has 54 valence electrons. The molecule has 0 aromatic carbocycles. The Labute approximate surface area is 71.0 Å². The normalized spacial score (nSPS) is 35.3. The van der Waals surface area contributed by atoms with Crippen LogP contribution in [0.15, 0.2) is 0 Å². The van der Waals surface area contributed by atoms with Gasteiger partial charge >= 0.3 is 0 Å². The van der Waals surface area contributed by atoms with Gasteiger partial charge in [0.05, 0.1) is 4.58 Å². The van der Waals surface area contributed by atoms with E-state index < -0.39 is 0 Å². The molecule has 0 aromatic heterocycles. The van der Waals surface area contributed by atoms with Crippen LogP contribution in [-0.2, 0) is 0 Å². The molecule has 1 aliphatic rings. The third-order valence-corrected chi connectivity index (χ3v) is 5.64. The Morgan fingerprint density at radius 3 is 2.78 bits per heavy atom. The molecule has 0 spiro atoms. The van der Waals surface area contributed by atoms with Crippen molar-refractivity contribution in [2.24, 2.45) is 0 Å². The first-order chi connectivity index (χ1) is 4.36. The summed E-state index contributed by atoms with van der Waals surface area (Å²) >= 11 is 8.45. The molecule has 1 rings (SSSR count). The molecule has 1 fully saturated rings. The lowest BCUT2D eigenvalue weighted by Gasteiger charge is -2.03. The van der Waals surface area contributed by atoms with Crippen LogP contribution in [0, 0.1) is 0 Å². The van der Waals surface area contributed by atoms with Gasteiger partial charge in [0.25, 0.3) is 0 Å². The van der Waals surface area contributed by atoms with Crippen LogP contribution >= 0.6 is 36.2 Å². The Kier molecular flexibility index (Phi) is 3.66. The lowest BCUT2D eigenvalue weighted by Crippen LogP contribution is -2.01. The average Bonchev–Trinajstić information content (AvgIpc) is 2.34. The minimum atomic E-state index is 0.822. The molecule has 0 N–H and O–H groups in total. The van der Waals surface area contributed by atoms with Gasteiger partial charge in [-0.3, -0.25) is 0 Å². The lowest BCUT2D eigenvalue weighted by molar-refractivity contribution is 1.06. The molecule has 2 atom stereocenters. The van der Waals surface area contributed by atoms with Crippen LogP contribution in [-0.4, -0.2) is 21.3 Å². The molecule has 0 aromatic rings. The highest BCUT2D eigenvalue weighted by molar-refractivity contribution is 8.20. The zero-order valence-corrected chi connectivity index (χ0v) is 8.07. The van der Waals surface area contributed by atoms with Gasteiger partial charge in [0.1, 0.15) is 0 Å². The molecular formula is C6H12S3. The van der Waals surface area contributed by atoms with Gasteiger partial charge in [-0.05, 0) is 6.42 Å². The highest BCUT2D eigenvalue weighted by Crippen LogP contribution is 2.39. The van der Waals surface area contributed by atoms with E-state index in [4.69, 9.17) is 0 Å². The molecule has 3 heteroatoms. The lowest BCUT2D eigenvalue weighted by atomic mass is 10.5. The van der Waals surface area contributed by atoms with Crippen molar-refractivity contribution in [3.8, 4) is 0 Å². The molecular weight excluding hydrogens is 168 g/mol. The summed E-state index contributed by atoms with van der Waals surface area (Å²) in [5.74, 6) is 2.36. The van der Waals surface area contributed by atoms with Gasteiger partial charge < -0.3 is 0 Å². The van der Waals surface area contributed by atoms with E-state index in [1.807, 2.05) is 0 Å². The molecule has 1 aliphatic heterocycles. The second-order valence-corrected chi connectivity index (χ2v) is 5.52. The number of hydrogen-bond acceptors (Lipinski definition) is 3. The van der Waals surface area contributed by atoms with Crippen LogP contribution in [0.25, 0.3) is 0 Å². The zero-order valence-electron chi connectivity index (χ0n) is 5.54. The van der Waals surface area contributed by atoms with E-state index >= 15 is 0 Å². The van der Waals surface area contributed by atoms with Gasteiger partial charge in [-0.1, -0.05) is 6.92 Å². The van der Waals surface area contributed by atoms with Crippen molar-refractivity contribution in [3.05, 3.63) is 0 Å². The minimum absolute atomic E-state index is 0.822. The predicted octanol–water partition coefficient (Wildman–Crippen LogP) is 2.50. The molecule has 0 aliphatic carbocycles. The summed E-state index contributed by atoms with van der Waals surface area (Å²) in [5.41, 5.74) is 0. The van der Waals surface area contributed by atoms with Crippen molar-refractivity contribution in [1.29, 1.82) is 0 Å². The topological polar surface area (TPSA) is 0 Å². The standard InChI is InChI=1S/C6H12S3/c1-2-6-8-4-5(3-7)9-6/h5-7H,2-4H2,1H3. The fraction of sp³-hybridized carbons (Fsp3) is 1.00. The molecule has 1 heterocycles. The Balaban J connectivity index is 2.20. The maximum absolute atomic E-state index is 4.26. The molecule has 1 saturated heterocycles. The van der Waals surface area contributed by atoms with Gasteiger partial charge in [0, 0.05) is 16.8 Å². The van der Waals surface area contributed by atoms with Crippen molar-refractivity contribution in [3.63, 3.8) is 0 Å². The van der Waals surface area contributed by atoms with Crippen molar-refractivity contribution in [2.45, 2.75) is 23.2 Å². The fourth-order valence-corrected chi connectivity index (χ4v) is 4.44. The Morgan fingerprint density at radius 1 is 1.67 bits per heavy atom. The molecule has 9 heavy (non-hydrogen) atoms. The largest absolute Gasteiger partial charge is 0.178 e. The van der Waals surface area contributed by atoms with E-state index in [0.717, 1.165) is 15.6 Å². The van der Waals surface area contributed by atoms with E-state index in [9.17, 15) is 0 Å². The molecule has 0 bridgehead atoms. The SMILES string of the molecule is CCC1SCC(CS)S1. The van der Waals surface area contributed by atoms with E-state index in [-0.39, 0.29) is 0 Å². The highest BCUT2D eigenvalue weighted by Gasteiger charge is 2.22. The Morgan fingerprint density at radius 2 is 2.44 bits per heavy atom. The zero-order chi connectivity index (χ0) is 6.69. The van der Waals surface area contributed by atoms with E-state index in [2.05, 4.69) is 43.1 Å². The summed E-state index contributed by atoms with van der Waals surface area (Å²) in [7, 11) is 0. The third-order valence-electron chi connectivity index (χ3n) is 1.35. The second kappa shape index (κ2) is 4.04. The first kappa shape index (κ1) is 8.15. The van der Waals surface area contributed by atoms with Gasteiger partial charge in [-0.15, -0.1) is 23.5 Å². The van der Waals surface area contributed by atoms with Crippen LogP contribution < -0.4 is 0 Å². The Bertz CT molecular complexity index is 74.4. The van der Waals surface area contributed by atoms with Crippen LogP contribution in [0.1, 0.15) is 13.3 Å². The second-order valence-electron chi connectivity index (χ2n) is 2.11. The highest BCUT2D eigenvalue weighted by atomic mass is 32.2. The Hall–Kier alpha value is 1.05. The smallest absolute Gasteiger partial charge is 0.0503 e. The summed E-state index contributed by atoms with van der Waals surface area (Å²) < 4.78 is 0.863. The van der Waals surface area contributed by atoms with Crippen molar-refractivity contribution >= 4 is 36.2 Å². The fourth-order valence-electron chi connectivity index (χ4n) is 0.818. The summed E-state index contributed by atoms with van der Waals surface area (Å²) in [6.07, 6.45) is 1.31. The number of hydrogen-bond donors (Lipinski definition) is 1.